The third-order valence-corrected chi connectivity index (χ3v) is 4.78. The first-order chi connectivity index (χ1) is 12.4. The molecule has 0 aliphatic rings. The highest BCUT2D eigenvalue weighted by atomic mass is 32.1. The normalized spacial score (nSPS) is 11.8. The average Bonchev–Trinajstić information content (AvgIpc) is 3.04. The summed E-state index contributed by atoms with van der Waals surface area (Å²) in [5, 5.41) is 12.2. The fourth-order valence-corrected chi connectivity index (χ4v) is 3.30. The van der Waals surface area contributed by atoms with Gasteiger partial charge in [0.25, 0.3) is 0 Å². The molecule has 140 valence electrons. The van der Waals surface area contributed by atoms with Gasteiger partial charge >= 0.3 is 0 Å². The summed E-state index contributed by atoms with van der Waals surface area (Å²) in [5.74, 6) is -0.667. The second-order valence-electron chi connectivity index (χ2n) is 6.07. The van der Waals surface area contributed by atoms with Gasteiger partial charge in [-0.1, -0.05) is 24.3 Å². The number of rotatable bonds is 8. The van der Waals surface area contributed by atoms with E-state index in [0.29, 0.717) is 6.54 Å². The van der Waals surface area contributed by atoms with Crippen LogP contribution in [0, 0.1) is 6.92 Å². The van der Waals surface area contributed by atoms with Crippen LogP contribution in [-0.2, 0) is 16.1 Å². The van der Waals surface area contributed by atoms with Gasteiger partial charge in [0.05, 0.1) is 35.3 Å². The number of carbonyl (C=O) groups is 2. The fraction of sp³-hybridized carbons (Fsp3) is 0.389. The van der Waals surface area contributed by atoms with Crippen molar-refractivity contribution in [3.63, 3.8) is 0 Å². The standard InChI is InChI=1S/C18H24N4O3S/c1-12(23)9-22(17(25)7-19)10-16(24)20-8-14-3-5-15(6-4-14)18-13(2)21-11-26-18/h3-6,11-12,23H,7-10,19H2,1-2H3,(H,20,24). The van der Waals surface area contributed by atoms with Crippen molar-refractivity contribution in [2.75, 3.05) is 19.6 Å². The smallest absolute Gasteiger partial charge is 0.239 e. The molecule has 0 saturated heterocycles. The largest absolute Gasteiger partial charge is 0.392 e. The Bertz CT molecular complexity index is 743. The minimum absolute atomic E-state index is 0.0757. The molecule has 0 aliphatic carbocycles. The molecule has 1 aromatic carbocycles. The number of aliphatic hydroxyl groups is 1. The van der Waals surface area contributed by atoms with E-state index in [1.165, 1.54) is 4.90 Å². The molecule has 26 heavy (non-hydrogen) atoms. The number of hydrogen-bond donors (Lipinski definition) is 3. The third-order valence-electron chi connectivity index (χ3n) is 3.80. The van der Waals surface area contributed by atoms with Crippen molar-refractivity contribution in [3.05, 3.63) is 41.0 Å². The van der Waals surface area contributed by atoms with Crippen molar-refractivity contribution in [3.8, 4) is 10.4 Å². The van der Waals surface area contributed by atoms with Crippen molar-refractivity contribution in [1.29, 1.82) is 0 Å². The highest BCUT2D eigenvalue weighted by Gasteiger charge is 2.17. The zero-order valence-electron chi connectivity index (χ0n) is 14.9. The minimum atomic E-state index is -0.721. The second kappa shape index (κ2) is 9.42. The Hall–Kier alpha value is -2.29. The molecule has 1 unspecified atom stereocenters. The predicted octanol–water partition coefficient (Wildman–Crippen LogP) is 0.903. The van der Waals surface area contributed by atoms with Crippen LogP contribution < -0.4 is 11.1 Å². The van der Waals surface area contributed by atoms with E-state index in [4.69, 9.17) is 5.73 Å². The van der Waals surface area contributed by atoms with E-state index >= 15 is 0 Å². The molecule has 2 amide bonds. The molecule has 0 spiro atoms. The summed E-state index contributed by atoms with van der Waals surface area (Å²) in [5.41, 5.74) is 10.2. The molecule has 0 radical (unpaired) electrons. The van der Waals surface area contributed by atoms with Crippen LogP contribution in [0.4, 0.5) is 0 Å². The van der Waals surface area contributed by atoms with E-state index < -0.39 is 6.10 Å². The lowest BCUT2D eigenvalue weighted by Gasteiger charge is -2.22. The number of aromatic nitrogens is 1. The van der Waals surface area contributed by atoms with Crippen LogP contribution in [0.3, 0.4) is 0 Å². The van der Waals surface area contributed by atoms with Crippen LogP contribution in [0.15, 0.2) is 29.8 Å². The molecule has 2 aromatic rings. The first kappa shape index (κ1) is 20.0. The summed E-state index contributed by atoms with van der Waals surface area (Å²) >= 11 is 1.59. The van der Waals surface area contributed by atoms with E-state index in [2.05, 4.69) is 10.3 Å². The maximum Gasteiger partial charge on any atom is 0.239 e. The number of amides is 2. The molecule has 0 fully saturated rings. The zero-order valence-corrected chi connectivity index (χ0v) is 15.8. The van der Waals surface area contributed by atoms with Gasteiger partial charge in [-0.05, 0) is 25.0 Å². The number of nitrogens with zero attached hydrogens (tertiary/aromatic N) is 2. The summed E-state index contributed by atoms with van der Waals surface area (Å²) in [7, 11) is 0. The molecule has 0 aliphatic heterocycles. The van der Waals surface area contributed by atoms with Crippen molar-refractivity contribution in [2.24, 2.45) is 5.73 Å². The van der Waals surface area contributed by atoms with Crippen LogP contribution in [0.1, 0.15) is 18.2 Å². The molecular weight excluding hydrogens is 352 g/mol. The van der Waals surface area contributed by atoms with Gasteiger partial charge in [0, 0.05) is 13.1 Å². The van der Waals surface area contributed by atoms with Crippen LogP contribution in [0.2, 0.25) is 0 Å². The number of carbonyl (C=O) groups excluding carboxylic acids is 2. The van der Waals surface area contributed by atoms with Crippen LogP contribution >= 0.6 is 11.3 Å². The van der Waals surface area contributed by atoms with Crippen LogP contribution in [0.5, 0.6) is 0 Å². The highest BCUT2D eigenvalue weighted by Crippen LogP contribution is 2.27. The Morgan fingerprint density at radius 2 is 2.04 bits per heavy atom. The number of aryl methyl sites for hydroxylation is 1. The summed E-state index contributed by atoms with van der Waals surface area (Å²) < 4.78 is 0. The molecule has 7 nitrogen and oxygen atoms in total. The van der Waals surface area contributed by atoms with E-state index in [1.807, 2.05) is 36.7 Å². The molecule has 1 heterocycles. The van der Waals surface area contributed by atoms with Crippen LogP contribution in [-0.4, -0.2) is 52.5 Å². The number of nitrogens with two attached hydrogens (primary N) is 1. The lowest BCUT2D eigenvalue weighted by Crippen LogP contribution is -2.45. The topological polar surface area (TPSA) is 109 Å². The Balaban J connectivity index is 1.90. The predicted molar refractivity (Wildman–Crippen MR) is 101 cm³/mol. The van der Waals surface area contributed by atoms with E-state index in [-0.39, 0.29) is 31.4 Å². The maximum absolute atomic E-state index is 12.1. The third kappa shape index (κ3) is 5.62. The summed E-state index contributed by atoms with van der Waals surface area (Å²) in [6.45, 7) is 3.65. The summed E-state index contributed by atoms with van der Waals surface area (Å²) in [4.78, 5) is 30.5. The average molecular weight is 376 g/mol. The minimum Gasteiger partial charge on any atom is -0.392 e. The summed E-state index contributed by atoms with van der Waals surface area (Å²) in [6.07, 6.45) is -0.721. The number of thiazole rings is 1. The highest BCUT2D eigenvalue weighted by molar-refractivity contribution is 7.13. The van der Waals surface area contributed by atoms with Crippen LogP contribution in [0.25, 0.3) is 10.4 Å². The zero-order chi connectivity index (χ0) is 19.1. The second-order valence-corrected chi connectivity index (χ2v) is 6.92. The number of hydrogen-bond acceptors (Lipinski definition) is 6. The van der Waals surface area contributed by atoms with E-state index in [1.54, 1.807) is 18.3 Å². The Morgan fingerprint density at radius 3 is 2.58 bits per heavy atom. The van der Waals surface area contributed by atoms with Crippen molar-refractivity contribution in [1.82, 2.24) is 15.2 Å². The molecule has 2 rings (SSSR count). The number of aliphatic hydroxyl groups excluding tert-OH is 1. The molecule has 0 saturated carbocycles. The number of benzene rings is 1. The lowest BCUT2D eigenvalue weighted by molar-refractivity contribution is -0.136. The monoisotopic (exact) mass is 376 g/mol. The molecule has 0 bridgehead atoms. The van der Waals surface area contributed by atoms with Crippen molar-refractivity contribution in [2.45, 2.75) is 26.5 Å². The first-order valence-corrected chi connectivity index (χ1v) is 9.20. The first-order valence-electron chi connectivity index (χ1n) is 8.32. The Kier molecular flexibility index (Phi) is 7.26. The Morgan fingerprint density at radius 1 is 1.35 bits per heavy atom. The lowest BCUT2D eigenvalue weighted by atomic mass is 10.1. The maximum atomic E-state index is 12.1. The van der Waals surface area contributed by atoms with Gasteiger partial charge in [0.15, 0.2) is 0 Å². The van der Waals surface area contributed by atoms with Crippen molar-refractivity contribution >= 4 is 23.2 Å². The Labute approximate surface area is 156 Å². The van der Waals surface area contributed by atoms with Gasteiger partial charge in [0.2, 0.25) is 11.8 Å². The molecule has 1 aromatic heterocycles. The van der Waals surface area contributed by atoms with Gasteiger partial charge in [-0.2, -0.15) is 0 Å². The SMILES string of the molecule is Cc1ncsc1-c1ccc(CNC(=O)CN(CC(C)O)C(=O)CN)cc1. The number of nitrogens with one attached hydrogen (secondary N) is 1. The van der Waals surface area contributed by atoms with Gasteiger partial charge in [-0.15, -0.1) is 11.3 Å². The molecule has 4 N–H and O–H groups in total. The van der Waals surface area contributed by atoms with E-state index in [0.717, 1.165) is 21.7 Å². The van der Waals surface area contributed by atoms with Gasteiger partial charge in [-0.3, -0.25) is 9.59 Å². The van der Waals surface area contributed by atoms with E-state index in [9.17, 15) is 14.7 Å². The summed E-state index contributed by atoms with van der Waals surface area (Å²) in [6, 6.07) is 7.90. The van der Waals surface area contributed by atoms with Gasteiger partial charge < -0.3 is 21.1 Å². The molecular formula is C18H24N4O3S. The van der Waals surface area contributed by atoms with Crippen molar-refractivity contribution < 1.29 is 14.7 Å². The van der Waals surface area contributed by atoms with Gasteiger partial charge in [-0.25, -0.2) is 4.98 Å². The molecule has 1 atom stereocenters. The fourth-order valence-electron chi connectivity index (χ4n) is 2.49. The quantitative estimate of drug-likeness (QED) is 0.634. The van der Waals surface area contributed by atoms with Gasteiger partial charge in [0.1, 0.15) is 0 Å². The molecule has 8 heteroatoms.